The van der Waals surface area contributed by atoms with Crippen LogP contribution in [0.3, 0.4) is 0 Å². The lowest BCUT2D eigenvalue weighted by Gasteiger charge is -2.27. The largest absolute Gasteiger partial charge is 0.326 e. The van der Waals surface area contributed by atoms with Crippen LogP contribution in [0.25, 0.3) is 0 Å². The first-order valence-corrected chi connectivity index (χ1v) is 6.22. The standard InChI is InChI=1S/C11H21N3S/c1-8(2)9(12)7-14-11(3,4)10-13-5-6-15-10/h5-6,8-9,14H,7,12H2,1-4H3. The van der Waals surface area contributed by atoms with E-state index in [1.54, 1.807) is 11.3 Å². The number of hydrogen-bond acceptors (Lipinski definition) is 4. The molecule has 0 fully saturated rings. The Morgan fingerprint density at radius 1 is 1.53 bits per heavy atom. The van der Waals surface area contributed by atoms with E-state index in [4.69, 9.17) is 5.73 Å². The van der Waals surface area contributed by atoms with Crippen molar-refractivity contribution in [2.45, 2.75) is 39.3 Å². The first-order chi connectivity index (χ1) is 6.93. The van der Waals surface area contributed by atoms with Crippen LogP contribution < -0.4 is 11.1 Å². The molecule has 15 heavy (non-hydrogen) atoms. The van der Waals surface area contributed by atoms with Gasteiger partial charge in [0.2, 0.25) is 0 Å². The number of nitrogens with zero attached hydrogens (tertiary/aromatic N) is 1. The summed E-state index contributed by atoms with van der Waals surface area (Å²) in [6.07, 6.45) is 1.84. The molecule has 0 saturated heterocycles. The maximum Gasteiger partial charge on any atom is 0.112 e. The van der Waals surface area contributed by atoms with Gasteiger partial charge in [0.25, 0.3) is 0 Å². The summed E-state index contributed by atoms with van der Waals surface area (Å²) < 4.78 is 0. The lowest BCUT2D eigenvalue weighted by Crippen LogP contribution is -2.45. The molecule has 0 radical (unpaired) electrons. The number of nitrogens with one attached hydrogen (secondary N) is 1. The van der Waals surface area contributed by atoms with Gasteiger partial charge in [-0.2, -0.15) is 0 Å². The van der Waals surface area contributed by atoms with E-state index in [2.05, 4.69) is 38.0 Å². The van der Waals surface area contributed by atoms with E-state index in [0.29, 0.717) is 5.92 Å². The molecule has 0 saturated carbocycles. The van der Waals surface area contributed by atoms with Gasteiger partial charge in [-0.25, -0.2) is 4.98 Å². The van der Waals surface area contributed by atoms with Gasteiger partial charge in [-0.05, 0) is 19.8 Å². The fourth-order valence-corrected chi connectivity index (χ4v) is 1.96. The molecule has 0 spiro atoms. The highest BCUT2D eigenvalue weighted by molar-refractivity contribution is 7.09. The molecule has 1 aromatic heterocycles. The molecule has 0 aliphatic heterocycles. The lowest BCUT2D eigenvalue weighted by molar-refractivity contribution is 0.355. The van der Waals surface area contributed by atoms with Crippen molar-refractivity contribution in [3.63, 3.8) is 0 Å². The van der Waals surface area contributed by atoms with Crippen LogP contribution in [-0.2, 0) is 5.54 Å². The van der Waals surface area contributed by atoms with E-state index in [1.165, 1.54) is 0 Å². The Labute approximate surface area is 96.1 Å². The third-order valence-electron chi connectivity index (χ3n) is 2.60. The molecule has 0 bridgehead atoms. The van der Waals surface area contributed by atoms with Crippen LogP contribution >= 0.6 is 11.3 Å². The second-order valence-corrected chi connectivity index (χ2v) is 5.65. The van der Waals surface area contributed by atoms with Crippen molar-refractivity contribution in [2.75, 3.05) is 6.54 Å². The predicted octanol–water partition coefficient (Wildman–Crippen LogP) is 1.95. The Morgan fingerprint density at radius 3 is 2.67 bits per heavy atom. The number of aromatic nitrogens is 1. The SMILES string of the molecule is CC(C)C(N)CNC(C)(C)c1nccs1. The number of rotatable bonds is 5. The summed E-state index contributed by atoms with van der Waals surface area (Å²) in [7, 11) is 0. The van der Waals surface area contributed by atoms with Gasteiger partial charge in [0.15, 0.2) is 0 Å². The lowest BCUT2D eigenvalue weighted by atomic mass is 10.0. The Balaban J connectivity index is 2.51. The summed E-state index contributed by atoms with van der Waals surface area (Å²) in [5.41, 5.74) is 5.91. The first kappa shape index (κ1) is 12.6. The molecular weight excluding hydrogens is 206 g/mol. The first-order valence-electron chi connectivity index (χ1n) is 5.34. The number of hydrogen-bond donors (Lipinski definition) is 2. The molecule has 0 amide bonds. The normalized spacial score (nSPS) is 14.5. The molecule has 3 N–H and O–H groups in total. The zero-order valence-electron chi connectivity index (χ0n) is 9.95. The van der Waals surface area contributed by atoms with E-state index in [-0.39, 0.29) is 11.6 Å². The summed E-state index contributed by atoms with van der Waals surface area (Å²) in [4.78, 5) is 4.33. The van der Waals surface area contributed by atoms with Crippen LogP contribution in [-0.4, -0.2) is 17.6 Å². The zero-order valence-corrected chi connectivity index (χ0v) is 10.8. The van der Waals surface area contributed by atoms with E-state index < -0.39 is 0 Å². The molecule has 0 aromatic carbocycles. The fourth-order valence-electron chi connectivity index (χ4n) is 1.22. The Bertz CT molecular complexity index is 280. The van der Waals surface area contributed by atoms with Crippen LogP contribution in [0.15, 0.2) is 11.6 Å². The third-order valence-corrected chi connectivity index (χ3v) is 3.70. The molecule has 1 unspecified atom stereocenters. The van der Waals surface area contributed by atoms with E-state index in [9.17, 15) is 0 Å². The van der Waals surface area contributed by atoms with E-state index in [1.807, 2.05) is 11.6 Å². The average Bonchev–Trinajstić information content (AvgIpc) is 2.67. The van der Waals surface area contributed by atoms with Gasteiger partial charge in [0.1, 0.15) is 5.01 Å². The molecule has 1 rings (SSSR count). The van der Waals surface area contributed by atoms with Gasteiger partial charge in [0, 0.05) is 24.2 Å². The van der Waals surface area contributed by atoms with E-state index >= 15 is 0 Å². The van der Waals surface area contributed by atoms with Crippen LogP contribution in [0.1, 0.15) is 32.7 Å². The van der Waals surface area contributed by atoms with Gasteiger partial charge < -0.3 is 11.1 Å². The fraction of sp³-hybridized carbons (Fsp3) is 0.727. The van der Waals surface area contributed by atoms with Gasteiger partial charge in [-0.15, -0.1) is 11.3 Å². The Hall–Kier alpha value is -0.450. The summed E-state index contributed by atoms with van der Waals surface area (Å²) in [6.45, 7) is 9.38. The maximum absolute atomic E-state index is 6.00. The van der Waals surface area contributed by atoms with Crippen molar-refractivity contribution < 1.29 is 0 Å². The number of nitrogens with two attached hydrogens (primary N) is 1. The average molecular weight is 227 g/mol. The minimum Gasteiger partial charge on any atom is -0.326 e. The Kier molecular flexibility index (Phi) is 4.25. The molecule has 1 aromatic rings. The molecule has 86 valence electrons. The highest BCUT2D eigenvalue weighted by Gasteiger charge is 2.23. The van der Waals surface area contributed by atoms with Crippen molar-refractivity contribution in [2.24, 2.45) is 11.7 Å². The van der Waals surface area contributed by atoms with Gasteiger partial charge >= 0.3 is 0 Å². The minimum absolute atomic E-state index is 0.0827. The molecule has 0 aliphatic carbocycles. The smallest absolute Gasteiger partial charge is 0.112 e. The van der Waals surface area contributed by atoms with Gasteiger partial charge in [-0.3, -0.25) is 0 Å². The molecule has 0 aliphatic rings. The quantitative estimate of drug-likeness (QED) is 0.808. The highest BCUT2D eigenvalue weighted by Crippen LogP contribution is 2.21. The molecule has 1 heterocycles. The second kappa shape index (κ2) is 5.05. The van der Waals surface area contributed by atoms with Crippen LogP contribution in [0.4, 0.5) is 0 Å². The number of thiazole rings is 1. The zero-order chi connectivity index (χ0) is 11.5. The monoisotopic (exact) mass is 227 g/mol. The topological polar surface area (TPSA) is 50.9 Å². The van der Waals surface area contributed by atoms with Gasteiger partial charge in [-0.1, -0.05) is 13.8 Å². The summed E-state index contributed by atoms with van der Waals surface area (Å²) >= 11 is 1.68. The molecule has 1 atom stereocenters. The van der Waals surface area contributed by atoms with Crippen molar-refractivity contribution in [1.29, 1.82) is 0 Å². The third kappa shape index (κ3) is 3.55. The van der Waals surface area contributed by atoms with Crippen molar-refractivity contribution in [1.82, 2.24) is 10.3 Å². The molecular formula is C11H21N3S. The van der Waals surface area contributed by atoms with Crippen molar-refractivity contribution >= 4 is 11.3 Å². The summed E-state index contributed by atoms with van der Waals surface area (Å²) in [5, 5.41) is 6.58. The van der Waals surface area contributed by atoms with Gasteiger partial charge in [0.05, 0.1) is 5.54 Å². The second-order valence-electron chi connectivity index (χ2n) is 4.75. The summed E-state index contributed by atoms with van der Waals surface area (Å²) in [6, 6.07) is 0.198. The van der Waals surface area contributed by atoms with Crippen LogP contribution in [0.5, 0.6) is 0 Å². The van der Waals surface area contributed by atoms with Crippen molar-refractivity contribution in [3.05, 3.63) is 16.6 Å². The maximum atomic E-state index is 6.00. The molecule has 3 nitrogen and oxygen atoms in total. The summed E-state index contributed by atoms with van der Waals surface area (Å²) in [5.74, 6) is 0.504. The van der Waals surface area contributed by atoms with Crippen LogP contribution in [0, 0.1) is 5.92 Å². The van der Waals surface area contributed by atoms with E-state index in [0.717, 1.165) is 11.6 Å². The van der Waals surface area contributed by atoms with Crippen molar-refractivity contribution in [3.8, 4) is 0 Å². The Morgan fingerprint density at radius 2 is 2.20 bits per heavy atom. The predicted molar refractivity (Wildman–Crippen MR) is 66.0 cm³/mol. The molecule has 4 heteroatoms. The minimum atomic E-state index is -0.0827. The highest BCUT2D eigenvalue weighted by atomic mass is 32.1. The van der Waals surface area contributed by atoms with Crippen LogP contribution in [0.2, 0.25) is 0 Å².